The molecule has 2 aliphatic rings. The average molecular weight is 680 g/mol. The Morgan fingerprint density at radius 3 is 2.21 bits per heavy atom. The molecule has 2 N–H and O–H groups in total. The van der Waals surface area contributed by atoms with Crippen LogP contribution in [0.3, 0.4) is 0 Å². The van der Waals surface area contributed by atoms with Crippen LogP contribution in [0, 0.1) is 0 Å². The standard InChI is InChI=1S/C27H31BrN6O6S2/c28-22-3-1-21-18-24(4-2-20(21)17-22)42(39,40)30-19-25(26(35)33-13-15-41(37,38)16-14-33)31-27(36)34-11-9-32(10-12-34)23-5-7-29-8-6-23/h1-8,17-18,25,30H,9-16,19H2,(H,31,36). The first-order chi connectivity index (χ1) is 20.0. The van der Waals surface area contributed by atoms with E-state index in [1.54, 1.807) is 29.4 Å². The van der Waals surface area contributed by atoms with Gasteiger partial charge in [0.25, 0.3) is 0 Å². The summed E-state index contributed by atoms with van der Waals surface area (Å²) in [5.74, 6) is -0.912. The largest absolute Gasteiger partial charge is 0.368 e. The molecule has 15 heteroatoms. The predicted molar refractivity (Wildman–Crippen MR) is 162 cm³/mol. The van der Waals surface area contributed by atoms with E-state index in [2.05, 4.69) is 35.9 Å². The zero-order chi connectivity index (χ0) is 29.9. The second kappa shape index (κ2) is 12.5. The van der Waals surface area contributed by atoms with Crippen LogP contribution in [0.4, 0.5) is 10.5 Å². The summed E-state index contributed by atoms with van der Waals surface area (Å²) < 4.78 is 53.6. The van der Waals surface area contributed by atoms with Crippen LogP contribution in [-0.2, 0) is 24.7 Å². The van der Waals surface area contributed by atoms with E-state index in [9.17, 15) is 26.4 Å². The molecule has 12 nitrogen and oxygen atoms in total. The van der Waals surface area contributed by atoms with Crippen molar-refractivity contribution in [3.05, 3.63) is 65.4 Å². The van der Waals surface area contributed by atoms with Gasteiger partial charge in [-0.05, 0) is 47.2 Å². The van der Waals surface area contributed by atoms with Crippen LogP contribution in [0.15, 0.2) is 70.3 Å². The Bertz CT molecular complexity index is 1670. The molecule has 1 aromatic heterocycles. The van der Waals surface area contributed by atoms with E-state index in [-0.39, 0.29) is 29.5 Å². The van der Waals surface area contributed by atoms with Crippen molar-refractivity contribution in [1.82, 2.24) is 24.8 Å². The lowest BCUT2D eigenvalue weighted by molar-refractivity contribution is -0.132. The topological polar surface area (TPSA) is 149 Å². The minimum absolute atomic E-state index is 0.0196. The number of carbonyl (C=O) groups is 2. The van der Waals surface area contributed by atoms with Crippen LogP contribution in [-0.4, -0.2) is 107 Å². The summed E-state index contributed by atoms with van der Waals surface area (Å²) in [6.45, 7) is 1.50. The molecule has 0 spiro atoms. The average Bonchev–Trinajstić information content (AvgIpc) is 2.99. The maximum Gasteiger partial charge on any atom is 0.318 e. The number of halogens is 1. The van der Waals surface area contributed by atoms with Gasteiger partial charge in [0.1, 0.15) is 6.04 Å². The molecule has 0 saturated carbocycles. The van der Waals surface area contributed by atoms with E-state index in [4.69, 9.17) is 0 Å². The van der Waals surface area contributed by atoms with Crippen molar-refractivity contribution in [2.24, 2.45) is 0 Å². The Morgan fingerprint density at radius 2 is 1.52 bits per heavy atom. The van der Waals surface area contributed by atoms with Crippen molar-refractivity contribution in [2.75, 3.05) is 62.2 Å². The number of anilines is 1. The number of aromatic nitrogens is 1. The van der Waals surface area contributed by atoms with Gasteiger partial charge in [-0.25, -0.2) is 26.4 Å². The zero-order valence-electron chi connectivity index (χ0n) is 22.6. The SMILES string of the molecule is O=C(NC(CNS(=O)(=O)c1ccc2cc(Br)ccc2c1)C(=O)N1CCS(=O)(=O)CC1)N1CCN(c2ccncc2)CC1. The molecule has 2 saturated heterocycles. The van der Waals surface area contributed by atoms with Gasteiger partial charge in [0, 0.05) is 68.4 Å². The Morgan fingerprint density at radius 1 is 0.881 bits per heavy atom. The number of rotatable bonds is 7. The summed E-state index contributed by atoms with van der Waals surface area (Å²) in [5, 5.41) is 4.28. The van der Waals surface area contributed by atoms with Gasteiger partial charge < -0.3 is 20.0 Å². The van der Waals surface area contributed by atoms with E-state index in [0.717, 1.165) is 20.9 Å². The number of hydrogen-bond donors (Lipinski definition) is 2. The third kappa shape index (κ3) is 7.19. The number of piperazine rings is 1. The molecule has 0 bridgehead atoms. The van der Waals surface area contributed by atoms with Crippen LogP contribution in [0.2, 0.25) is 0 Å². The maximum atomic E-state index is 13.5. The fourth-order valence-electron chi connectivity index (χ4n) is 4.95. The molecule has 3 heterocycles. The molecule has 5 rings (SSSR count). The molecule has 3 aromatic rings. The highest BCUT2D eigenvalue weighted by Crippen LogP contribution is 2.23. The lowest BCUT2D eigenvalue weighted by Gasteiger charge is -2.37. The number of fused-ring (bicyclic) bond motifs is 1. The molecule has 0 radical (unpaired) electrons. The monoisotopic (exact) mass is 678 g/mol. The van der Waals surface area contributed by atoms with E-state index in [0.29, 0.717) is 26.2 Å². The molecule has 1 unspecified atom stereocenters. The van der Waals surface area contributed by atoms with Gasteiger partial charge >= 0.3 is 6.03 Å². The van der Waals surface area contributed by atoms with Gasteiger partial charge in [-0.3, -0.25) is 9.78 Å². The predicted octanol–water partition coefficient (Wildman–Crippen LogP) is 1.43. The molecule has 0 aliphatic carbocycles. The molecule has 42 heavy (non-hydrogen) atoms. The lowest BCUT2D eigenvalue weighted by atomic mass is 10.1. The van der Waals surface area contributed by atoms with Gasteiger partial charge in [0.15, 0.2) is 9.84 Å². The van der Waals surface area contributed by atoms with Crippen molar-refractivity contribution in [3.63, 3.8) is 0 Å². The number of urea groups is 1. The molecular formula is C27H31BrN6O6S2. The minimum Gasteiger partial charge on any atom is -0.368 e. The molecule has 1 atom stereocenters. The Labute approximate surface area is 253 Å². The summed E-state index contributed by atoms with van der Waals surface area (Å²) >= 11 is 3.40. The smallest absolute Gasteiger partial charge is 0.318 e. The van der Waals surface area contributed by atoms with Gasteiger partial charge in [0.2, 0.25) is 15.9 Å². The summed E-state index contributed by atoms with van der Waals surface area (Å²) in [6.07, 6.45) is 3.41. The van der Waals surface area contributed by atoms with Gasteiger partial charge in [-0.2, -0.15) is 0 Å². The Hall–Kier alpha value is -3.27. The van der Waals surface area contributed by atoms with Crippen molar-refractivity contribution in [3.8, 4) is 0 Å². The maximum absolute atomic E-state index is 13.5. The highest BCUT2D eigenvalue weighted by Gasteiger charge is 2.33. The van der Waals surface area contributed by atoms with E-state index in [1.807, 2.05) is 24.3 Å². The fraction of sp³-hybridized carbons (Fsp3) is 0.370. The molecule has 2 fully saturated rings. The highest BCUT2D eigenvalue weighted by atomic mass is 79.9. The number of carbonyl (C=O) groups excluding carboxylic acids is 2. The fourth-order valence-corrected chi connectivity index (χ4v) is 7.62. The summed E-state index contributed by atoms with van der Waals surface area (Å²) in [4.78, 5) is 35.8. The summed E-state index contributed by atoms with van der Waals surface area (Å²) in [5.41, 5.74) is 0.994. The third-order valence-electron chi connectivity index (χ3n) is 7.41. The number of benzene rings is 2. The second-order valence-corrected chi connectivity index (χ2v) is 15.2. The normalized spacial score (nSPS) is 18.1. The van der Waals surface area contributed by atoms with Crippen LogP contribution in [0.5, 0.6) is 0 Å². The number of hydrogen-bond acceptors (Lipinski definition) is 8. The molecule has 2 aliphatic heterocycles. The number of amides is 3. The molecule has 2 aromatic carbocycles. The van der Waals surface area contributed by atoms with Gasteiger partial charge in [-0.15, -0.1) is 0 Å². The number of pyridine rings is 1. The van der Waals surface area contributed by atoms with Crippen molar-refractivity contribution >= 4 is 64.2 Å². The zero-order valence-corrected chi connectivity index (χ0v) is 25.9. The number of nitrogens with one attached hydrogen (secondary N) is 2. The van der Waals surface area contributed by atoms with E-state index in [1.165, 1.54) is 17.0 Å². The third-order valence-corrected chi connectivity index (χ3v) is 10.9. The molecule has 224 valence electrons. The Balaban J connectivity index is 1.28. The number of sulfone groups is 1. The number of sulfonamides is 1. The van der Waals surface area contributed by atoms with Crippen LogP contribution < -0.4 is 14.9 Å². The van der Waals surface area contributed by atoms with E-state index >= 15 is 0 Å². The van der Waals surface area contributed by atoms with E-state index < -0.39 is 44.4 Å². The minimum atomic E-state index is -4.04. The molecular weight excluding hydrogens is 648 g/mol. The molecule has 3 amide bonds. The van der Waals surface area contributed by atoms with Crippen LogP contribution in [0.25, 0.3) is 10.8 Å². The van der Waals surface area contributed by atoms with Crippen LogP contribution in [0.1, 0.15) is 0 Å². The first-order valence-corrected chi connectivity index (χ1v) is 17.5. The van der Waals surface area contributed by atoms with Gasteiger partial charge in [0.05, 0.1) is 16.4 Å². The summed E-state index contributed by atoms with van der Waals surface area (Å²) in [6, 6.07) is 12.2. The summed E-state index contributed by atoms with van der Waals surface area (Å²) in [7, 11) is -7.29. The van der Waals surface area contributed by atoms with Gasteiger partial charge in [-0.1, -0.05) is 28.1 Å². The lowest BCUT2D eigenvalue weighted by Crippen LogP contribution is -2.60. The number of nitrogens with zero attached hydrogens (tertiary/aromatic N) is 4. The quantitative estimate of drug-likeness (QED) is 0.381. The van der Waals surface area contributed by atoms with Crippen molar-refractivity contribution in [1.29, 1.82) is 0 Å². The van der Waals surface area contributed by atoms with Crippen molar-refractivity contribution < 1.29 is 26.4 Å². The first-order valence-electron chi connectivity index (χ1n) is 13.4. The first kappa shape index (κ1) is 30.2. The Kier molecular flexibility index (Phi) is 9.01. The second-order valence-electron chi connectivity index (χ2n) is 10.2. The van der Waals surface area contributed by atoms with Crippen molar-refractivity contribution in [2.45, 2.75) is 10.9 Å². The highest BCUT2D eigenvalue weighted by molar-refractivity contribution is 9.10. The van der Waals surface area contributed by atoms with Crippen LogP contribution >= 0.6 is 15.9 Å².